The lowest BCUT2D eigenvalue weighted by atomic mass is 9.58. The highest BCUT2D eigenvalue weighted by molar-refractivity contribution is 5.90. The molecule has 0 spiro atoms. The van der Waals surface area contributed by atoms with Gasteiger partial charge in [-0.15, -0.1) is 0 Å². The largest absolute Gasteiger partial charge is 0.490 e. The maximum atomic E-state index is 12.4. The molecule has 9 unspecified atom stereocenters. The summed E-state index contributed by atoms with van der Waals surface area (Å²) in [5, 5.41) is 0. The minimum Gasteiger partial charge on any atom is -0.490 e. The average molecular weight is 1010 g/mol. The third-order valence-corrected chi connectivity index (χ3v) is 16.8. The molecule has 8 nitrogen and oxygen atoms in total. The highest BCUT2D eigenvalue weighted by atomic mass is 16.7. The summed E-state index contributed by atoms with van der Waals surface area (Å²) < 4.78 is 35.6. The maximum Gasteiger partial charge on any atom is 0.156 e. The first-order valence-corrected chi connectivity index (χ1v) is 28.1. The molecular formula is C64H108O8. The molecule has 1 aromatic rings. The minimum atomic E-state index is -0.617. The third kappa shape index (κ3) is 21.2. The van der Waals surface area contributed by atoms with Crippen molar-refractivity contribution >= 4 is 12.1 Å². The first-order chi connectivity index (χ1) is 33.5. The summed E-state index contributed by atoms with van der Waals surface area (Å²) in [5.74, 6) is 3.37. The second-order valence-corrected chi connectivity index (χ2v) is 27.0. The Hall–Kier alpha value is -2.62. The number of aldehydes is 1. The smallest absolute Gasteiger partial charge is 0.156 e. The van der Waals surface area contributed by atoms with Crippen LogP contribution in [0.5, 0.6) is 5.75 Å². The van der Waals surface area contributed by atoms with Gasteiger partial charge < -0.3 is 33.2 Å². The van der Waals surface area contributed by atoms with Crippen LogP contribution in [0.15, 0.2) is 48.6 Å². The van der Waals surface area contributed by atoms with Crippen LogP contribution in [0.25, 0.3) is 0 Å². The van der Waals surface area contributed by atoms with Gasteiger partial charge in [-0.1, -0.05) is 151 Å². The summed E-state index contributed by atoms with van der Waals surface area (Å²) in [7, 11) is 3.44. The molecule has 0 heterocycles. The summed E-state index contributed by atoms with van der Waals surface area (Å²) in [4.78, 5) is 24.3. The zero-order chi connectivity index (χ0) is 54.1. The van der Waals surface area contributed by atoms with E-state index in [1.165, 1.54) is 6.42 Å². The molecule has 0 saturated heterocycles. The van der Waals surface area contributed by atoms with Gasteiger partial charge in [0.1, 0.15) is 18.5 Å². The van der Waals surface area contributed by atoms with E-state index in [0.717, 1.165) is 92.9 Å². The summed E-state index contributed by atoms with van der Waals surface area (Å²) in [6.07, 6.45) is 25.5. The monoisotopic (exact) mass is 1000 g/mol. The Morgan fingerprint density at radius 3 is 1.92 bits per heavy atom. The van der Waals surface area contributed by atoms with Gasteiger partial charge in [0.2, 0.25) is 0 Å². The zero-order valence-corrected chi connectivity index (χ0v) is 49.6. The number of hydrogen-bond acceptors (Lipinski definition) is 8. The van der Waals surface area contributed by atoms with Gasteiger partial charge in [-0.2, -0.15) is 0 Å². The van der Waals surface area contributed by atoms with Crippen molar-refractivity contribution < 1.29 is 38.0 Å². The van der Waals surface area contributed by atoms with Crippen LogP contribution < -0.4 is 4.74 Å². The van der Waals surface area contributed by atoms with E-state index >= 15 is 0 Å². The summed E-state index contributed by atoms with van der Waals surface area (Å²) >= 11 is 0. The van der Waals surface area contributed by atoms with Crippen molar-refractivity contribution in [3.63, 3.8) is 0 Å². The molecular weight excluding hydrogens is 897 g/mol. The van der Waals surface area contributed by atoms with Crippen LogP contribution in [0.2, 0.25) is 0 Å². The Morgan fingerprint density at radius 1 is 0.750 bits per heavy atom. The second kappa shape index (κ2) is 28.5. The van der Waals surface area contributed by atoms with E-state index in [1.54, 1.807) is 14.2 Å². The molecule has 9 atom stereocenters. The molecule has 0 aliphatic heterocycles. The van der Waals surface area contributed by atoms with E-state index in [0.29, 0.717) is 69.0 Å². The fraction of sp³-hybridized carbons (Fsp3) is 0.781. The Bertz CT molecular complexity index is 1850. The molecule has 0 saturated carbocycles. The number of carbonyl (C=O) groups is 2. The number of methoxy groups -OCH3 is 2. The number of rotatable bonds is 33. The quantitative estimate of drug-likeness (QED) is 0.0298. The number of aryl methyl sites for hydroxylation is 1. The predicted octanol–water partition coefficient (Wildman–Crippen LogP) is 16.2. The van der Waals surface area contributed by atoms with Gasteiger partial charge in [0.15, 0.2) is 18.4 Å². The molecule has 412 valence electrons. The van der Waals surface area contributed by atoms with Crippen LogP contribution in [-0.2, 0) is 46.5 Å². The summed E-state index contributed by atoms with van der Waals surface area (Å²) in [5.41, 5.74) is 3.96. The van der Waals surface area contributed by atoms with E-state index in [9.17, 15) is 9.59 Å². The van der Waals surface area contributed by atoms with Crippen molar-refractivity contribution in [3.05, 3.63) is 65.3 Å². The molecule has 0 N–H and O–H groups in total. The fourth-order valence-corrected chi connectivity index (χ4v) is 12.0. The predicted molar refractivity (Wildman–Crippen MR) is 299 cm³/mol. The van der Waals surface area contributed by atoms with Gasteiger partial charge in [0.05, 0.1) is 25.9 Å². The number of allylic oxidation sites excluding steroid dienone is 4. The zero-order valence-electron chi connectivity index (χ0n) is 49.6. The van der Waals surface area contributed by atoms with Gasteiger partial charge in [-0.25, -0.2) is 0 Å². The molecule has 2 aliphatic rings. The van der Waals surface area contributed by atoms with Gasteiger partial charge in [0.25, 0.3) is 0 Å². The molecule has 3 rings (SSSR count). The number of benzene rings is 1. The van der Waals surface area contributed by atoms with Crippen molar-refractivity contribution in [2.24, 2.45) is 62.1 Å². The van der Waals surface area contributed by atoms with Crippen molar-refractivity contribution in [1.82, 2.24) is 0 Å². The first-order valence-electron chi connectivity index (χ1n) is 28.1. The topological polar surface area (TPSA) is 89.5 Å². The van der Waals surface area contributed by atoms with Crippen molar-refractivity contribution in [2.75, 3.05) is 34.0 Å². The minimum absolute atomic E-state index is 0.0375. The van der Waals surface area contributed by atoms with E-state index in [1.807, 2.05) is 26.0 Å². The molecule has 0 aromatic heterocycles. The van der Waals surface area contributed by atoms with Gasteiger partial charge in [-0.3, -0.25) is 4.79 Å². The Kier molecular flexibility index (Phi) is 25.2. The molecule has 0 bridgehead atoms. The highest BCUT2D eigenvalue weighted by Gasteiger charge is 2.44. The molecule has 0 amide bonds. The lowest BCUT2D eigenvalue weighted by Crippen LogP contribution is -2.38. The molecule has 2 aliphatic carbocycles. The van der Waals surface area contributed by atoms with Crippen molar-refractivity contribution in [2.45, 2.75) is 226 Å². The molecule has 1 aromatic carbocycles. The Labute approximate surface area is 442 Å². The van der Waals surface area contributed by atoms with Crippen molar-refractivity contribution in [1.29, 1.82) is 0 Å². The average Bonchev–Trinajstić information content (AvgIpc) is 3.76. The van der Waals surface area contributed by atoms with E-state index in [2.05, 4.69) is 140 Å². The SMILES string of the molecule is CCOC(C)OC(C=O)/C=C\CC(CC(C)(C)CCC(C)(C)C(CC(C)(C)CCC(C)(CC)C(CC(C)(C)C)C1C=CC(=O)CC1)C1C=CC(OCCOc2c(COC)cc(C)cc2COC)C1)C(C)(C)C. The van der Waals surface area contributed by atoms with Gasteiger partial charge >= 0.3 is 0 Å². The number of ether oxygens (including phenoxy) is 6. The fourth-order valence-electron chi connectivity index (χ4n) is 12.0. The standard InChI is InChI=1S/C64H108O8/c1-20-64(17,57(41-59(5,6)7)48-25-28-53(66)29-26-48)34-32-62(13,14)42-56(49-27-30-54(39-49)70-35-36-71-58-50(44-67-18)37-46(3)38-51(58)45-68-19)63(15,16)33-31-61(11,12)40-52(60(8,9)10)23-22-24-55(43-65)72-47(4)69-21-2/h22,24-25,27-28,30,37-38,43,47-49,52,54-57H,20-21,23,26,29,31-36,39-42,44-45H2,1-19H3/b24-22-. The number of carbonyl (C=O) groups excluding carboxylic acids is 2. The highest BCUT2D eigenvalue weighted by Crippen LogP contribution is 2.54. The lowest BCUT2D eigenvalue weighted by molar-refractivity contribution is -0.153. The second-order valence-electron chi connectivity index (χ2n) is 27.0. The molecule has 0 radical (unpaired) electrons. The van der Waals surface area contributed by atoms with Crippen LogP contribution in [0.3, 0.4) is 0 Å². The van der Waals surface area contributed by atoms with E-state index in [-0.39, 0.29) is 44.4 Å². The molecule has 0 fully saturated rings. The van der Waals surface area contributed by atoms with Gasteiger partial charge in [0, 0.05) is 38.4 Å². The van der Waals surface area contributed by atoms with Crippen LogP contribution >= 0.6 is 0 Å². The van der Waals surface area contributed by atoms with Crippen LogP contribution in [0, 0.1) is 69.0 Å². The van der Waals surface area contributed by atoms with Crippen LogP contribution in [0.4, 0.5) is 0 Å². The maximum absolute atomic E-state index is 12.4. The third-order valence-electron chi connectivity index (χ3n) is 16.8. The van der Waals surface area contributed by atoms with Gasteiger partial charge in [-0.05, 0) is 153 Å². The van der Waals surface area contributed by atoms with Crippen LogP contribution in [-0.4, -0.2) is 64.6 Å². The Balaban J connectivity index is 1.87. The number of ketones is 1. The molecule has 8 heteroatoms. The van der Waals surface area contributed by atoms with Crippen LogP contribution in [0.1, 0.15) is 205 Å². The normalized spacial score (nSPS) is 21.2. The van der Waals surface area contributed by atoms with E-state index in [4.69, 9.17) is 28.4 Å². The van der Waals surface area contributed by atoms with E-state index < -0.39 is 12.4 Å². The first kappa shape index (κ1) is 63.7. The summed E-state index contributed by atoms with van der Waals surface area (Å²) in [6.45, 7) is 42.6. The number of hydrogen-bond donors (Lipinski definition) is 0. The van der Waals surface area contributed by atoms with Crippen molar-refractivity contribution in [3.8, 4) is 5.75 Å². The Morgan fingerprint density at radius 2 is 1.38 bits per heavy atom. The summed E-state index contributed by atoms with van der Waals surface area (Å²) in [6, 6.07) is 4.26. The molecule has 72 heavy (non-hydrogen) atoms. The lowest BCUT2D eigenvalue weighted by Gasteiger charge is -2.47.